The smallest absolute Gasteiger partial charge is 0.263 e. The van der Waals surface area contributed by atoms with E-state index in [1.165, 1.54) is 18.1 Å². The van der Waals surface area contributed by atoms with Crippen molar-refractivity contribution in [2.75, 3.05) is 0 Å². The first kappa shape index (κ1) is 21.2. The molecule has 8 nitrogen and oxygen atoms in total. The van der Waals surface area contributed by atoms with Gasteiger partial charge >= 0.3 is 0 Å². The number of benzene rings is 1. The molecule has 1 atom stereocenters. The highest BCUT2D eigenvalue weighted by molar-refractivity contribution is 5.93. The van der Waals surface area contributed by atoms with Crippen LogP contribution in [0.3, 0.4) is 0 Å². The molecule has 1 unspecified atom stereocenters. The molecule has 1 aromatic carbocycles. The molecule has 8 heteroatoms. The third-order valence-electron chi connectivity index (χ3n) is 4.59. The fourth-order valence-corrected chi connectivity index (χ4v) is 2.78. The molecule has 30 heavy (non-hydrogen) atoms. The molecule has 3 rings (SSSR count). The van der Waals surface area contributed by atoms with Gasteiger partial charge in [0.25, 0.3) is 11.5 Å². The molecule has 0 spiro atoms. The highest BCUT2D eigenvalue weighted by Gasteiger charge is 2.16. The van der Waals surface area contributed by atoms with Crippen molar-refractivity contribution >= 4 is 5.91 Å². The minimum atomic E-state index is -0.529. The van der Waals surface area contributed by atoms with E-state index in [9.17, 15) is 9.59 Å². The van der Waals surface area contributed by atoms with Gasteiger partial charge in [-0.05, 0) is 36.1 Å². The van der Waals surface area contributed by atoms with E-state index in [2.05, 4.69) is 46.0 Å². The monoisotopic (exact) mass is 407 g/mol. The normalized spacial score (nSPS) is 12.3. The summed E-state index contributed by atoms with van der Waals surface area (Å²) >= 11 is 0. The van der Waals surface area contributed by atoms with E-state index in [-0.39, 0.29) is 23.6 Å². The van der Waals surface area contributed by atoms with Crippen LogP contribution in [0.2, 0.25) is 0 Å². The Hall–Kier alpha value is -3.55. The number of aromatic amines is 1. The Morgan fingerprint density at radius 3 is 2.50 bits per heavy atom. The van der Waals surface area contributed by atoms with E-state index in [1.807, 2.05) is 24.3 Å². The molecule has 1 amide bonds. The van der Waals surface area contributed by atoms with Gasteiger partial charge in [-0.25, -0.2) is 15.0 Å². The largest absolute Gasteiger partial charge is 0.486 e. The van der Waals surface area contributed by atoms with Gasteiger partial charge in [0.2, 0.25) is 0 Å². The number of carbonyl (C=O) groups is 1. The predicted octanol–water partition coefficient (Wildman–Crippen LogP) is 2.93. The number of hydrogen-bond acceptors (Lipinski definition) is 6. The van der Waals surface area contributed by atoms with Crippen LogP contribution in [-0.4, -0.2) is 25.8 Å². The molecule has 0 bridgehead atoms. The number of carbonyl (C=O) groups excluding carboxylic acids is 1. The minimum absolute atomic E-state index is 0.0622. The summed E-state index contributed by atoms with van der Waals surface area (Å²) in [5, 5.41) is 2.73. The van der Waals surface area contributed by atoms with Gasteiger partial charge in [-0.15, -0.1) is 0 Å². The van der Waals surface area contributed by atoms with Gasteiger partial charge in [0.05, 0.1) is 11.7 Å². The van der Waals surface area contributed by atoms with Gasteiger partial charge in [0, 0.05) is 12.4 Å². The Kier molecular flexibility index (Phi) is 6.25. The average Bonchev–Trinajstić information content (AvgIpc) is 2.72. The van der Waals surface area contributed by atoms with Crippen LogP contribution < -0.4 is 15.6 Å². The Morgan fingerprint density at radius 1 is 1.17 bits per heavy atom. The first-order chi connectivity index (χ1) is 14.2. The highest BCUT2D eigenvalue weighted by Crippen LogP contribution is 2.24. The second kappa shape index (κ2) is 8.86. The number of amides is 1. The van der Waals surface area contributed by atoms with Crippen LogP contribution in [0.25, 0.3) is 0 Å². The molecule has 2 heterocycles. The molecule has 0 fully saturated rings. The summed E-state index contributed by atoms with van der Waals surface area (Å²) in [6.07, 6.45) is 4.24. The number of hydrogen-bond donors (Lipinski definition) is 2. The molecular formula is C22H25N5O3. The quantitative estimate of drug-likeness (QED) is 0.650. The molecule has 0 aliphatic rings. The maximum atomic E-state index is 12.4. The van der Waals surface area contributed by atoms with E-state index >= 15 is 0 Å². The maximum absolute atomic E-state index is 12.4. The molecule has 3 aromatic rings. The molecule has 0 saturated heterocycles. The van der Waals surface area contributed by atoms with Crippen molar-refractivity contribution in [2.45, 2.75) is 45.8 Å². The van der Waals surface area contributed by atoms with Crippen LogP contribution in [0.15, 0.2) is 53.8 Å². The van der Waals surface area contributed by atoms with E-state index in [0.717, 1.165) is 0 Å². The SMILES string of the molecule is CC(NC(=O)c1cnc(COc2ccc(C(C)(C)C)cc2)[nH]c1=O)c1ccncn1. The Morgan fingerprint density at radius 2 is 1.90 bits per heavy atom. The van der Waals surface area contributed by atoms with Crippen molar-refractivity contribution in [3.05, 3.63) is 82.1 Å². The van der Waals surface area contributed by atoms with Gasteiger partial charge in [-0.3, -0.25) is 9.59 Å². The summed E-state index contributed by atoms with van der Waals surface area (Å²) in [6.45, 7) is 8.29. The van der Waals surface area contributed by atoms with Crippen LogP contribution in [0.4, 0.5) is 0 Å². The zero-order chi connectivity index (χ0) is 21.7. The van der Waals surface area contributed by atoms with Crippen molar-refractivity contribution in [3.8, 4) is 5.75 Å². The summed E-state index contributed by atoms with van der Waals surface area (Å²) in [7, 11) is 0. The first-order valence-electron chi connectivity index (χ1n) is 9.62. The first-order valence-corrected chi connectivity index (χ1v) is 9.62. The van der Waals surface area contributed by atoms with Crippen LogP contribution >= 0.6 is 0 Å². The van der Waals surface area contributed by atoms with Crippen molar-refractivity contribution < 1.29 is 9.53 Å². The van der Waals surface area contributed by atoms with Gasteiger partial charge in [0.1, 0.15) is 30.1 Å². The lowest BCUT2D eigenvalue weighted by molar-refractivity contribution is 0.0937. The lowest BCUT2D eigenvalue weighted by atomic mass is 9.87. The third kappa shape index (κ3) is 5.28. The summed E-state index contributed by atoms with van der Waals surface area (Å²) in [5.41, 5.74) is 1.30. The summed E-state index contributed by atoms with van der Waals surface area (Å²) in [6, 6.07) is 9.11. The van der Waals surface area contributed by atoms with Gasteiger partial charge in [-0.1, -0.05) is 32.9 Å². The molecule has 0 radical (unpaired) electrons. The Bertz CT molecular complexity index is 1060. The standard InChI is InChI=1S/C22H25N5O3/c1-14(18-9-10-23-13-25-18)26-20(28)17-11-24-19(27-21(17)29)12-30-16-7-5-15(6-8-16)22(2,3)4/h5-11,13-14H,12H2,1-4H3,(H,26,28)(H,24,27,29). The highest BCUT2D eigenvalue weighted by atomic mass is 16.5. The average molecular weight is 407 g/mol. The Labute approximate surface area is 174 Å². The lowest BCUT2D eigenvalue weighted by Crippen LogP contribution is -2.32. The maximum Gasteiger partial charge on any atom is 0.263 e. The topological polar surface area (TPSA) is 110 Å². The number of H-pyrrole nitrogens is 1. The molecule has 156 valence electrons. The number of nitrogens with one attached hydrogen (secondary N) is 2. The molecule has 0 aliphatic carbocycles. The molecule has 2 aromatic heterocycles. The number of nitrogens with zero attached hydrogens (tertiary/aromatic N) is 3. The lowest BCUT2D eigenvalue weighted by Gasteiger charge is -2.19. The fraction of sp³-hybridized carbons (Fsp3) is 0.318. The van der Waals surface area contributed by atoms with Crippen molar-refractivity contribution in [1.82, 2.24) is 25.3 Å². The van der Waals surface area contributed by atoms with Crippen LogP contribution in [0.1, 0.15) is 61.2 Å². The minimum Gasteiger partial charge on any atom is -0.486 e. The van der Waals surface area contributed by atoms with Gasteiger partial charge in [-0.2, -0.15) is 0 Å². The summed E-state index contributed by atoms with van der Waals surface area (Å²) in [5.74, 6) is 0.478. The van der Waals surface area contributed by atoms with Crippen molar-refractivity contribution in [2.24, 2.45) is 0 Å². The number of aromatic nitrogens is 4. The molecule has 2 N–H and O–H groups in total. The van der Waals surface area contributed by atoms with E-state index in [1.54, 1.807) is 19.2 Å². The summed E-state index contributed by atoms with van der Waals surface area (Å²) < 4.78 is 5.69. The third-order valence-corrected chi connectivity index (χ3v) is 4.59. The van der Waals surface area contributed by atoms with Gasteiger partial charge in [0.15, 0.2) is 0 Å². The van der Waals surface area contributed by atoms with E-state index in [0.29, 0.717) is 17.3 Å². The Balaban J connectivity index is 1.62. The zero-order valence-electron chi connectivity index (χ0n) is 17.5. The van der Waals surface area contributed by atoms with Crippen molar-refractivity contribution in [1.29, 1.82) is 0 Å². The van der Waals surface area contributed by atoms with E-state index < -0.39 is 11.5 Å². The fourth-order valence-electron chi connectivity index (χ4n) is 2.78. The van der Waals surface area contributed by atoms with E-state index in [4.69, 9.17) is 4.74 Å². The predicted molar refractivity (Wildman–Crippen MR) is 112 cm³/mol. The van der Waals surface area contributed by atoms with Crippen molar-refractivity contribution in [3.63, 3.8) is 0 Å². The second-order valence-corrected chi connectivity index (χ2v) is 7.97. The molecule has 0 aliphatic heterocycles. The van der Waals surface area contributed by atoms with Crippen LogP contribution in [0.5, 0.6) is 5.75 Å². The molecule has 0 saturated carbocycles. The number of ether oxygens (including phenoxy) is 1. The van der Waals surface area contributed by atoms with Crippen LogP contribution in [0, 0.1) is 0 Å². The number of rotatable bonds is 6. The van der Waals surface area contributed by atoms with Gasteiger partial charge < -0.3 is 15.0 Å². The zero-order valence-corrected chi connectivity index (χ0v) is 17.5. The second-order valence-electron chi connectivity index (χ2n) is 7.97. The molecular weight excluding hydrogens is 382 g/mol. The van der Waals surface area contributed by atoms with Crippen LogP contribution in [-0.2, 0) is 12.0 Å². The summed E-state index contributed by atoms with van der Waals surface area (Å²) in [4.78, 5) is 39.4.